The lowest BCUT2D eigenvalue weighted by molar-refractivity contribution is -0.114. The number of likely N-dealkylation sites (N-methyl/N-ethyl adjacent to an activating group) is 1. The van der Waals surface area contributed by atoms with Gasteiger partial charge in [0.05, 0.1) is 10.2 Å². The average Bonchev–Trinajstić information content (AvgIpc) is 2.70. The highest BCUT2D eigenvalue weighted by Gasteiger charge is 2.28. The lowest BCUT2D eigenvalue weighted by Gasteiger charge is -2.24. The van der Waals surface area contributed by atoms with Gasteiger partial charge >= 0.3 is 0 Å². The van der Waals surface area contributed by atoms with Gasteiger partial charge in [0.15, 0.2) is 0 Å². The van der Waals surface area contributed by atoms with Crippen LogP contribution in [0, 0.1) is 0 Å². The maximum Gasteiger partial charge on any atom is 0.266 e. The average molecular weight is 403 g/mol. The van der Waals surface area contributed by atoms with Crippen molar-refractivity contribution in [2.45, 2.75) is 4.90 Å². The molecule has 0 aromatic heterocycles. The van der Waals surface area contributed by atoms with Gasteiger partial charge in [-0.05, 0) is 47.7 Å². The zero-order chi connectivity index (χ0) is 17.1. The minimum atomic E-state index is 0.00755. The molecule has 3 rings (SSSR count). The number of anilines is 1. The molecule has 0 bridgehead atoms. The van der Waals surface area contributed by atoms with Gasteiger partial charge in [0.2, 0.25) is 0 Å². The van der Waals surface area contributed by atoms with Crippen LogP contribution in [0.15, 0.2) is 64.0 Å². The number of thioether (sulfide) groups is 1. The van der Waals surface area contributed by atoms with Crippen LogP contribution < -0.4 is 4.90 Å². The minimum absolute atomic E-state index is 0.00755. The Hall–Kier alpha value is -1.56. The second-order valence-corrected chi connectivity index (χ2v) is 7.68. The van der Waals surface area contributed by atoms with E-state index in [1.165, 1.54) is 0 Å². The van der Waals surface area contributed by atoms with Crippen LogP contribution in [0.5, 0.6) is 0 Å². The molecule has 2 aromatic carbocycles. The van der Waals surface area contributed by atoms with Gasteiger partial charge in [0, 0.05) is 22.9 Å². The van der Waals surface area contributed by atoms with Crippen molar-refractivity contribution in [1.29, 1.82) is 0 Å². The predicted octanol–water partition coefficient (Wildman–Crippen LogP) is 4.45. The number of halogens is 1. The first-order valence-corrected chi connectivity index (χ1v) is 9.37. The van der Waals surface area contributed by atoms with Crippen molar-refractivity contribution >= 4 is 44.2 Å². The Bertz CT molecular complexity index is 774. The summed E-state index contributed by atoms with van der Waals surface area (Å²) >= 11 is 5.20. The highest BCUT2D eigenvalue weighted by atomic mass is 79.9. The number of nitrogens with zero attached hydrogens (tertiary/aromatic N) is 2. The van der Waals surface area contributed by atoms with Crippen LogP contribution >= 0.6 is 27.7 Å². The molecule has 0 saturated heterocycles. The zero-order valence-corrected chi connectivity index (χ0v) is 16.1. The second-order valence-electron chi connectivity index (χ2n) is 5.84. The SMILES string of the molecule is CN(C)CCN1C(=O)C(Br)=C(c2ccccc2)Sc2ccccc21. The van der Waals surface area contributed by atoms with Gasteiger partial charge in [-0.25, -0.2) is 0 Å². The molecule has 0 saturated carbocycles. The van der Waals surface area contributed by atoms with Crippen LogP contribution in [0.3, 0.4) is 0 Å². The molecule has 124 valence electrons. The maximum absolute atomic E-state index is 13.1. The number of fused-ring (bicyclic) bond motifs is 1. The van der Waals surface area contributed by atoms with Gasteiger partial charge in [0.25, 0.3) is 5.91 Å². The van der Waals surface area contributed by atoms with Crippen LogP contribution in [0.1, 0.15) is 5.56 Å². The Morgan fingerprint density at radius 3 is 2.42 bits per heavy atom. The van der Waals surface area contributed by atoms with E-state index in [1.807, 2.05) is 67.5 Å². The molecular formula is C19H19BrN2OS. The van der Waals surface area contributed by atoms with Crippen LogP contribution in [0.25, 0.3) is 4.91 Å². The molecule has 0 aliphatic carbocycles. The standard InChI is InChI=1S/C19H19BrN2OS/c1-21(2)12-13-22-15-10-6-7-11-16(15)24-18(17(20)19(22)23)14-8-4-3-5-9-14/h3-11H,12-13H2,1-2H3. The van der Waals surface area contributed by atoms with Crippen LogP contribution in [0.2, 0.25) is 0 Å². The van der Waals surface area contributed by atoms with Crippen molar-refractivity contribution in [3.8, 4) is 0 Å². The summed E-state index contributed by atoms with van der Waals surface area (Å²) < 4.78 is 0.619. The first-order valence-electron chi connectivity index (χ1n) is 7.76. The van der Waals surface area contributed by atoms with Gasteiger partial charge in [0.1, 0.15) is 0 Å². The summed E-state index contributed by atoms with van der Waals surface area (Å²) in [4.78, 5) is 19.1. The van der Waals surface area contributed by atoms with Gasteiger partial charge in [-0.15, -0.1) is 0 Å². The van der Waals surface area contributed by atoms with E-state index in [-0.39, 0.29) is 5.91 Å². The Labute approximate surface area is 155 Å². The number of carbonyl (C=O) groups is 1. The van der Waals surface area contributed by atoms with Crippen molar-refractivity contribution in [1.82, 2.24) is 4.90 Å². The monoisotopic (exact) mass is 402 g/mol. The summed E-state index contributed by atoms with van der Waals surface area (Å²) in [5.74, 6) is 0.00755. The van der Waals surface area contributed by atoms with Crippen molar-refractivity contribution in [2.24, 2.45) is 0 Å². The number of hydrogen-bond acceptors (Lipinski definition) is 3. The van der Waals surface area contributed by atoms with Crippen LogP contribution in [0.4, 0.5) is 5.69 Å². The van der Waals surface area contributed by atoms with Gasteiger partial charge in [-0.1, -0.05) is 54.2 Å². The summed E-state index contributed by atoms with van der Waals surface area (Å²) in [6.07, 6.45) is 0. The summed E-state index contributed by atoms with van der Waals surface area (Å²) in [5.41, 5.74) is 2.02. The summed E-state index contributed by atoms with van der Waals surface area (Å²) in [7, 11) is 4.03. The molecule has 0 N–H and O–H groups in total. The molecule has 24 heavy (non-hydrogen) atoms. The van der Waals surface area contributed by atoms with E-state index >= 15 is 0 Å². The van der Waals surface area contributed by atoms with Crippen LogP contribution in [-0.2, 0) is 4.79 Å². The highest BCUT2D eigenvalue weighted by Crippen LogP contribution is 2.46. The summed E-state index contributed by atoms with van der Waals surface area (Å²) in [6, 6.07) is 18.1. The third-order valence-electron chi connectivity index (χ3n) is 3.81. The molecule has 1 heterocycles. The first kappa shape index (κ1) is 17.3. The van der Waals surface area contributed by atoms with Crippen LogP contribution in [-0.4, -0.2) is 38.0 Å². The Morgan fingerprint density at radius 2 is 1.71 bits per heavy atom. The molecule has 0 unspecified atom stereocenters. The fourth-order valence-electron chi connectivity index (χ4n) is 2.54. The number of hydrogen-bond donors (Lipinski definition) is 0. The molecule has 1 aliphatic rings. The Morgan fingerprint density at radius 1 is 1.04 bits per heavy atom. The van der Waals surface area contributed by atoms with Crippen molar-refractivity contribution in [3.63, 3.8) is 0 Å². The number of amides is 1. The molecular weight excluding hydrogens is 384 g/mol. The molecule has 3 nitrogen and oxygen atoms in total. The van der Waals surface area contributed by atoms with E-state index in [0.717, 1.165) is 27.6 Å². The number of para-hydroxylation sites is 1. The minimum Gasteiger partial charge on any atom is -0.308 e. The van der Waals surface area contributed by atoms with E-state index in [2.05, 4.69) is 26.9 Å². The lowest BCUT2D eigenvalue weighted by atomic mass is 10.2. The smallest absolute Gasteiger partial charge is 0.266 e. The van der Waals surface area contributed by atoms with Crippen molar-refractivity contribution in [2.75, 3.05) is 32.1 Å². The number of benzene rings is 2. The maximum atomic E-state index is 13.1. The topological polar surface area (TPSA) is 23.6 Å². The normalized spacial score (nSPS) is 14.8. The third kappa shape index (κ3) is 3.58. The fraction of sp³-hybridized carbons (Fsp3) is 0.211. The highest BCUT2D eigenvalue weighted by molar-refractivity contribution is 9.12. The molecule has 0 radical (unpaired) electrons. The molecule has 1 amide bonds. The van der Waals surface area contributed by atoms with Gasteiger partial charge < -0.3 is 9.80 Å². The van der Waals surface area contributed by atoms with E-state index in [1.54, 1.807) is 11.8 Å². The fourth-order valence-corrected chi connectivity index (χ4v) is 4.31. The quantitative estimate of drug-likeness (QED) is 0.754. The molecule has 0 fully saturated rings. The number of rotatable bonds is 4. The van der Waals surface area contributed by atoms with Gasteiger partial charge in [-0.2, -0.15) is 0 Å². The van der Waals surface area contributed by atoms with Crippen molar-refractivity contribution < 1.29 is 4.79 Å². The van der Waals surface area contributed by atoms with E-state index in [9.17, 15) is 4.79 Å². The molecule has 2 aromatic rings. The van der Waals surface area contributed by atoms with E-state index < -0.39 is 0 Å². The Kier molecular flexibility index (Phi) is 5.43. The van der Waals surface area contributed by atoms with E-state index in [0.29, 0.717) is 11.0 Å². The predicted molar refractivity (Wildman–Crippen MR) is 105 cm³/mol. The summed E-state index contributed by atoms with van der Waals surface area (Å²) in [5, 5.41) is 0. The number of carbonyl (C=O) groups excluding carboxylic acids is 1. The molecule has 0 spiro atoms. The van der Waals surface area contributed by atoms with Crippen molar-refractivity contribution in [3.05, 3.63) is 64.6 Å². The molecule has 0 atom stereocenters. The first-order chi connectivity index (χ1) is 11.6. The van der Waals surface area contributed by atoms with Gasteiger partial charge in [-0.3, -0.25) is 4.79 Å². The molecule has 5 heteroatoms. The zero-order valence-electron chi connectivity index (χ0n) is 13.7. The largest absolute Gasteiger partial charge is 0.308 e. The lowest BCUT2D eigenvalue weighted by Crippen LogP contribution is -2.36. The summed E-state index contributed by atoms with van der Waals surface area (Å²) in [6.45, 7) is 1.46. The van der Waals surface area contributed by atoms with E-state index in [4.69, 9.17) is 0 Å². The second kappa shape index (κ2) is 7.55. The molecule has 1 aliphatic heterocycles. The Balaban J connectivity index is 2.08. The third-order valence-corrected chi connectivity index (χ3v) is 6.01.